The van der Waals surface area contributed by atoms with E-state index in [9.17, 15) is 4.79 Å². The average Bonchev–Trinajstić information content (AvgIpc) is 2.89. The van der Waals surface area contributed by atoms with Gasteiger partial charge in [0, 0.05) is 18.2 Å². The monoisotopic (exact) mass is 290 g/mol. The first-order valence-corrected chi connectivity index (χ1v) is 7.77. The zero-order chi connectivity index (χ0) is 14.5. The Labute approximate surface area is 125 Å². The highest BCUT2D eigenvalue weighted by Gasteiger charge is 2.20. The molecule has 0 bridgehead atoms. The van der Waals surface area contributed by atoms with E-state index in [0.717, 1.165) is 43.7 Å². The summed E-state index contributed by atoms with van der Waals surface area (Å²) in [5, 5.41) is 6.28. The van der Waals surface area contributed by atoms with Crippen molar-refractivity contribution in [2.45, 2.75) is 38.1 Å². The van der Waals surface area contributed by atoms with Gasteiger partial charge in [0.05, 0.1) is 19.3 Å². The molecule has 114 valence electrons. The number of hydrogen-bond donors (Lipinski definition) is 2. The Kier molecular flexibility index (Phi) is 4.60. The predicted octanol–water partition coefficient (Wildman–Crippen LogP) is 2.32. The summed E-state index contributed by atoms with van der Waals surface area (Å²) in [7, 11) is 0. The number of anilines is 1. The van der Waals surface area contributed by atoms with Crippen LogP contribution >= 0.6 is 0 Å². The molecule has 1 aromatic rings. The average molecular weight is 290 g/mol. The van der Waals surface area contributed by atoms with Crippen LogP contribution in [0, 0.1) is 0 Å². The standard InChI is InChI=1S/C16H22N2O3/c19-16(13-5-2-1-3-8-17-13)18-12-6-7-14-15(11-12)21-10-4-9-20-14/h6-7,11,13,17H,1-5,8-10H2,(H,18,19). The molecule has 1 fully saturated rings. The molecule has 1 amide bonds. The van der Waals surface area contributed by atoms with Crippen molar-refractivity contribution in [3.05, 3.63) is 18.2 Å². The molecular formula is C16H22N2O3. The van der Waals surface area contributed by atoms with Gasteiger partial charge in [0.2, 0.25) is 5.91 Å². The Hall–Kier alpha value is -1.75. The molecule has 0 spiro atoms. The summed E-state index contributed by atoms with van der Waals surface area (Å²) in [6, 6.07) is 5.47. The molecule has 0 aliphatic carbocycles. The number of ether oxygens (including phenoxy) is 2. The minimum absolute atomic E-state index is 0.0337. The lowest BCUT2D eigenvalue weighted by molar-refractivity contribution is -0.118. The summed E-state index contributed by atoms with van der Waals surface area (Å²) in [4.78, 5) is 12.3. The Bertz CT molecular complexity index is 496. The number of carbonyl (C=O) groups is 1. The third-order valence-electron chi connectivity index (χ3n) is 3.89. The minimum atomic E-state index is -0.0940. The second kappa shape index (κ2) is 6.80. The Morgan fingerprint density at radius 2 is 1.95 bits per heavy atom. The third-order valence-corrected chi connectivity index (χ3v) is 3.89. The maximum Gasteiger partial charge on any atom is 0.241 e. The zero-order valence-electron chi connectivity index (χ0n) is 12.2. The van der Waals surface area contributed by atoms with E-state index in [2.05, 4.69) is 10.6 Å². The van der Waals surface area contributed by atoms with Gasteiger partial charge in [-0.2, -0.15) is 0 Å². The second-order valence-electron chi connectivity index (χ2n) is 5.56. The van der Waals surface area contributed by atoms with Crippen molar-refractivity contribution < 1.29 is 14.3 Å². The van der Waals surface area contributed by atoms with Crippen LogP contribution in [0.2, 0.25) is 0 Å². The van der Waals surface area contributed by atoms with Crippen molar-refractivity contribution in [2.24, 2.45) is 0 Å². The Morgan fingerprint density at radius 3 is 2.86 bits per heavy atom. The first-order chi connectivity index (χ1) is 10.3. The molecule has 0 radical (unpaired) electrons. The molecule has 0 aromatic heterocycles. The molecule has 1 atom stereocenters. The van der Waals surface area contributed by atoms with Gasteiger partial charge in [-0.1, -0.05) is 12.8 Å². The van der Waals surface area contributed by atoms with Gasteiger partial charge in [0.1, 0.15) is 0 Å². The van der Waals surface area contributed by atoms with Crippen molar-refractivity contribution in [1.82, 2.24) is 5.32 Å². The normalized spacial score (nSPS) is 22.0. The maximum absolute atomic E-state index is 12.3. The molecule has 0 saturated carbocycles. The summed E-state index contributed by atoms with van der Waals surface area (Å²) < 4.78 is 11.2. The van der Waals surface area contributed by atoms with Gasteiger partial charge < -0.3 is 20.1 Å². The van der Waals surface area contributed by atoms with E-state index in [4.69, 9.17) is 9.47 Å². The van der Waals surface area contributed by atoms with Crippen molar-refractivity contribution in [3.8, 4) is 11.5 Å². The fourth-order valence-electron chi connectivity index (χ4n) is 2.72. The molecule has 2 aliphatic heterocycles. The van der Waals surface area contributed by atoms with E-state index in [-0.39, 0.29) is 11.9 Å². The van der Waals surface area contributed by atoms with E-state index in [0.29, 0.717) is 19.0 Å². The van der Waals surface area contributed by atoms with Gasteiger partial charge in [-0.15, -0.1) is 0 Å². The molecule has 3 rings (SSSR count). The van der Waals surface area contributed by atoms with Crippen LogP contribution in [0.4, 0.5) is 5.69 Å². The van der Waals surface area contributed by atoms with Crippen LogP contribution in [-0.4, -0.2) is 31.7 Å². The van der Waals surface area contributed by atoms with Gasteiger partial charge >= 0.3 is 0 Å². The first-order valence-electron chi connectivity index (χ1n) is 7.77. The number of amides is 1. The third kappa shape index (κ3) is 3.67. The minimum Gasteiger partial charge on any atom is -0.490 e. The van der Waals surface area contributed by atoms with Crippen LogP contribution < -0.4 is 20.1 Å². The summed E-state index contributed by atoms with van der Waals surface area (Å²) in [5.74, 6) is 1.49. The number of nitrogens with one attached hydrogen (secondary N) is 2. The molecule has 5 nitrogen and oxygen atoms in total. The highest BCUT2D eigenvalue weighted by molar-refractivity contribution is 5.95. The smallest absolute Gasteiger partial charge is 0.241 e. The van der Waals surface area contributed by atoms with Gasteiger partial charge in [-0.3, -0.25) is 4.79 Å². The first kappa shape index (κ1) is 14.2. The quantitative estimate of drug-likeness (QED) is 0.877. The fourth-order valence-corrected chi connectivity index (χ4v) is 2.72. The van der Waals surface area contributed by atoms with Crippen LogP contribution in [0.3, 0.4) is 0 Å². The fraction of sp³-hybridized carbons (Fsp3) is 0.562. The van der Waals surface area contributed by atoms with E-state index in [1.165, 1.54) is 6.42 Å². The van der Waals surface area contributed by atoms with E-state index < -0.39 is 0 Å². The Balaban J connectivity index is 1.66. The molecule has 1 aromatic carbocycles. The topological polar surface area (TPSA) is 59.6 Å². The molecule has 5 heteroatoms. The van der Waals surface area contributed by atoms with Gasteiger partial charge in [0.15, 0.2) is 11.5 Å². The maximum atomic E-state index is 12.3. The molecule has 2 aliphatic rings. The lowest BCUT2D eigenvalue weighted by atomic mass is 10.1. The van der Waals surface area contributed by atoms with Crippen LogP contribution in [-0.2, 0) is 4.79 Å². The predicted molar refractivity (Wildman–Crippen MR) is 80.9 cm³/mol. The van der Waals surface area contributed by atoms with Crippen LogP contribution in [0.25, 0.3) is 0 Å². The highest BCUT2D eigenvalue weighted by Crippen LogP contribution is 2.32. The number of fused-ring (bicyclic) bond motifs is 1. The number of rotatable bonds is 2. The van der Waals surface area contributed by atoms with Gasteiger partial charge in [0.25, 0.3) is 0 Å². The summed E-state index contributed by atoms with van der Waals surface area (Å²) >= 11 is 0. The molecule has 2 heterocycles. The molecule has 1 unspecified atom stereocenters. The highest BCUT2D eigenvalue weighted by atomic mass is 16.5. The van der Waals surface area contributed by atoms with Crippen LogP contribution in [0.15, 0.2) is 18.2 Å². The number of carbonyl (C=O) groups excluding carboxylic acids is 1. The SMILES string of the molecule is O=C(Nc1ccc2c(c1)OCCCO2)C1CCCCCN1. The lowest BCUT2D eigenvalue weighted by Crippen LogP contribution is -2.39. The summed E-state index contributed by atoms with van der Waals surface area (Å²) in [6.07, 6.45) is 5.22. The van der Waals surface area contributed by atoms with Gasteiger partial charge in [-0.05, 0) is 31.5 Å². The van der Waals surface area contributed by atoms with Crippen LogP contribution in [0.1, 0.15) is 32.1 Å². The van der Waals surface area contributed by atoms with Crippen molar-refractivity contribution in [2.75, 3.05) is 25.1 Å². The van der Waals surface area contributed by atoms with E-state index in [1.807, 2.05) is 18.2 Å². The Morgan fingerprint density at radius 1 is 1.10 bits per heavy atom. The zero-order valence-corrected chi connectivity index (χ0v) is 12.2. The van der Waals surface area contributed by atoms with Crippen LogP contribution in [0.5, 0.6) is 11.5 Å². The largest absolute Gasteiger partial charge is 0.490 e. The van der Waals surface area contributed by atoms with E-state index in [1.54, 1.807) is 0 Å². The lowest BCUT2D eigenvalue weighted by Gasteiger charge is -2.16. The van der Waals surface area contributed by atoms with Gasteiger partial charge in [-0.25, -0.2) is 0 Å². The molecule has 1 saturated heterocycles. The summed E-state index contributed by atoms with van der Waals surface area (Å²) in [5.41, 5.74) is 0.760. The molecule has 21 heavy (non-hydrogen) atoms. The molecule has 2 N–H and O–H groups in total. The second-order valence-corrected chi connectivity index (χ2v) is 5.56. The van der Waals surface area contributed by atoms with Crippen molar-refractivity contribution >= 4 is 11.6 Å². The van der Waals surface area contributed by atoms with E-state index >= 15 is 0 Å². The van der Waals surface area contributed by atoms with Crippen molar-refractivity contribution in [3.63, 3.8) is 0 Å². The van der Waals surface area contributed by atoms with Crippen molar-refractivity contribution in [1.29, 1.82) is 0 Å². The number of benzene rings is 1. The summed E-state index contributed by atoms with van der Waals surface area (Å²) in [6.45, 7) is 2.23. The number of hydrogen-bond acceptors (Lipinski definition) is 4. The molecular weight excluding hydrogens is 268 g/mol.